The van der Waals surface area contributed by atoms with Gasteiger partial charge in [-0.15, -0.1) is 0 Å². The summed E-state index contributed by atoms with van der Waals surface area (Å²) in [6, 6.07) is 7.66. The number of ether oxygens (including phenoxy) is 2. The number of nitrogens with zero attached hydrogens (tertiary/aromatic N) is 2. The van der Waals surface area contributed by atoms with Crippen LogP contribution in [0.3, 0.4) is 0 Å². The van der Waals surface area contributed by atoms with Crippen molar-refractivity contribution >= 4 is 11.8 Å². The van der Waals surface area contributed by atoms with Crippen LogP contribution in [0.5, 0.6) is 0 Å². The van der Waals surface area contributed by atoms with Gasteiger partial charge >= 0.3 is 0 Å². The van der Waals surface area contributed by atoms with E-state index >= 15 is 0 Å². The van der Waals surface area contributed by atoms with Gasteiger partial charge in [-0.1, -0.05) is 17.7 Å². The summed E-state index contributed by atoms with van der Waals surface area (Å²) in [5.41, 5.74) is 1.79. The number of carbonyl (C=O) groups excluding carboxylic acids is 2. The summed E-state index contributed by atoms with van der Waals surface area (Å²) in [7, 11) is 0. The molecule has 2 saturated heterocycles. The molecule has 2 heterocycles. The van der Waals surface area contributed by atoms with Crippen LogP contribution >= 0.6 is 0 Å². The molecule has 1 aromatic rings. The fourth-order valence-corrected chi connectivity index (χ4v) is 3.82. The third-order valence-electron chi connectivity index (χ3n) is 5.51. The number of carbonyl (C=O) groups is 2. The highest BCUT2D eigenvalue weighted by Gasteiger charge is 2.27. The van der Waals surface area contributed by atoms with Gasteiger partial charge in [0.25, 0.3) is 11.8 Å². The minimum atomic E-state index is -0.482. The van der Waals surface area contributed by atoms with E-state index in [2.05, 4.69) is 0 Å². The van der Waals surface area contributed by atoms with Crippen molar-refractivity contribution in [3.05, 3.63) is 35.4 Å². The summed E-state index contributed by atoms with van der Waals surface area (Å²) in [5, 5.41) is 0. The molecule has 0 bridgehead atoms. The fourth-order valence-electron chi connectivity index (χ4n) is 3.82. The summed E-state index contributed by atoms with van der Waals surface area (Å²) in [6.07, 6.45) is 3.67. The SMILES string of the molecule is Cc1cccc(C(=O)N2CCCN(C(=O)C(C)OCC3CCCCO3)CC2)c1. The van der Waals surface area contributed by atoms with Gasteiger partial charge in [-0.25, -0.2) is 0 Å². The van der Waals surface area contributed by atoms with E-state index in [0.29, 0.717) is 38.3 Å². The third kappa shape index (κ3) is 5.55. The first-order valence-corrected chi connectivity index (χ1v) is 10.4. The van der Waals surface area contributed by atoms with Gasteiger partial charge in [0.05, 0.1) is 12.7 Å². The number of hydrogen-bond donors (Lipinski definition) is 0. The van der Waals surface area contributed by atoms with Crippen molar-refractivity contribution in [1.82, 2.24) is 9.80 Å². The van der Waals surface area contributed by atoms with Gasteiger partial charge in [0.15, 0.2) is 0 Å². The maximum Gasteiger partial charge on any atom is 0.253 e. The van der Waals surface area contributed by atoms with Crippen molar-refractivity contribution < 1.29 is 19.1 Å². The molecule has 0 saturated carbocycles. The lowest BCUT2D eigenvalue weighted by atomic mass is 10.1. The first kappa shape index (κ1) is 20.8. The van der Waals surface area contributed by atoms with Gasteiger partial charge in [-0.05, 0) is 51.7 Å². The Morgan fingerprint density at radius 3 is 2.68 bits per heavy atom. The highest BCUT2D eigenvalue weighted by Crippen LogP contribution is 2.15. The summed E-state index contributed by atoms with van der Waals surface area (Å²) in [5.74, 6) is 0.0393. The Bertz CT molecular complexity index is 672. The quantitative estimate of drug-likeness (QED) is 0.778. The Balaban J connectivity index is 1.49. The van der Waals surface area contributed by atoms with Crippen LogP contribution in [0.15, 0.2) is 24.3 Å². The largest absolute Gasteiger partial charge is 0.376 e. The molecular formula is C22H32N2O4. The predicted octanol–water partition coefficient (Wildman–Crippen LogP) is 2.64. The zero-order valence-corrected chi connectivity index (χ0v) is 17.1. The van der Waals surface area contributed by atoms with Crippen molar-refractivity contribution in [3.8, 4) is 0 Å². The van der Waals surface area contributed by atoms with Crippen LogP contribution in [-0.4, -0.2) is 73.2 Å². The standard InChI is InChI=1S/C22H32N2O4/c1-17-7-5-8-19(15-17)22(26)24-11-6-10-23(12-13-24)21(25)18(2)28-16-20-9-3-4-14-27-20/h5,7-8,15,18,20H,3-4,6,9-14,16H2,1-2H3. The number of rotatable bonds is 5. The minimum Gasteiger partial charge on any atom is -0.376 e. The van der Waals surface area contributed by atoms with Crippen molar-refractivity contribution in [2.24, 2.45) is 0 Å². The fraction of sp³-hybridized carbons (Fsp3) is 0.636. The zero-order chi connectivity index (χ0) is 19.9. The monoisotopic (exact) mass is 388 g/mol. The van der Waals surface area contributed by atoms with E-state index < -0.39 is 6.10 Å². The Morgan fingerprint density at radius 1 is 1.14 bits per heavy atom. The first-order chi connectivity index (χ1) is 13.5. The maximum atomic E-state index is 12.8. The van der Waals surface area contributed by atoms with E-state index in [4.69, 9.17) is 9.47 Å². The van der Waals surface area contributed by atoms with Gasteiger partial charge in [0.1, 0.15) is 6.10 Å². The number of hydrogen-bond acceptors (Lipinski definition) is 4. The Morgan fingerprint density at radius 2 is 1.93 bits per heavy atom. The van der Waals surface area contributed by atoms with Crippen molar-refractivity contribution in [3.63, 3.8) is 0 Å². The predicted molar refractivity (Wildman–Crippen MR) is 107 cm³/mol. The van der Waals surface area contributed by atoms with Crippen LogP contribution in [0.4, 0.5) is 0 Å². The summed E-state index contributed by atoms with van der Waals surface area (Å²) < 4.78 is 11.5. The maximum absolute atomic E-state index is 12.8. The lowest BCUT2D eigenvalue weighted by molar-refractivity contribution is -0.146. The number of aryl methyl sites for hydroxylation is 1. The second kappa shape index (κ2) is 10.0. The molecule has 2 unspecified atom stereocenters. The molecule has 3 rings (SSSR count). The molecule has 2 fully saturated rings. The van der Waals surface area contributed by atoms with Crippen molar-refractivity contribution in [1.29, 1.82) is 0 Å². The van der Waals surface area contributed by atoms with E-state index in [9.17, 15) is 9.59 Å². The van der Waals surface area contributed by atoms with Gasteiger partial charge in [-0.3, -0.25) is 9.59 Å². The molecule has 2 aliphatic rings. The van der Waals surface area contributed by atoms with Crippen molar-refractivity contribution in [2.45, 2.75) is 51.7 Å². The molecule has 6 heteroatoms. The summed E-state index contributed by atoms with van der Waals surface area (Å²) in [4.78, 5) is 29.2. The topological polar surface area (TPSA) is 59.1 Å². The van der Waals surface area contributed by atoms with E-state index in [0.717, 1.165) is 37.9 Å². The second-order valence-corrected chi connectivity index (χ2v) is 7.80. The van der Waals surface area contributed by atoms with E-state index in [1.54, 1.807) is 0 Å². The number of amides is 2. The molecule has 0 aliphatic carbocycles. The Hall–Kier alpha value is -1.92. The molecule has 1 aromatic carbocycles. The second-order valence-electron chi connectivity index (χ2n) is 7.80. The average Bonchev–Trinajstić information content (AvgIpc) is 2.98. The molecule has 28 heavy (non-hydrogen) atoms. The van der Waals surface area contributed by atoms with Crippen LogP contribution in [0, 0.1) is 6.92 Å². The summed E-state index contributed by atoms with van der Waals surface area (Å²) >= 11 is 0. The molecule has 0 spiro atoms. The molecule has 0 aromatic heterocycles. The van der Waals surface area contributed by atoms with E-state index in [1.807, 2.05) is 47.9 Å². The summed E-state index contributed by atoms with van der Waals surface area (Å²) in [6.45, 7) is 7.48. The molecule has 2 aliphatic heterocycles. The normalized spacial score (nSPS) is 21.9. The van der Waals surface area contributed by atoms with Crippen LogP contribution in [0.2, 0.25) is 0 Å². The van der Waals surface area contributed by atoms with Gasteiger partial charge < -0.3 is 19.3 Å². The van der Waals surface area contributed by atoms with E-state index in [-0.39, 0.29) is 17.9 Å². The van der Waals surface area contributed by atoms with Gasteiger partial charge in [-0.2, -0.15) is 0 Å². The van der Waals surface area contributed by atoms with E-state index in [1.165, 1.54) is 0 Å². The lowest BCUT2D eigenvalue weighted by Gasteiger charge is -2.27. The molecule has 154 valence electrons. The number of benzene rings is 1. The van der Waals surface area contributed by atoms with Crippen LogP contribution < -0.4 is 0 Å². The molecule has 2 amide bonds. The molecule has 2 atom stereocenters. The van der Waals surface area contributed by atoms with Gasteiger partial charge in [0.2, 0.25) is 0 Å². The first-order valence-electron chi connectivity index (χ1n) is 10.4. The third-order valence-corrected chi connectivity index (χ3v) is 5.51. The zero-order valence-electron chi connectivity index (χ0n) is 17.1. The highest BCUT2D eigenvalue weighted by atomic mass is 16.5. The molecular weight excluding hydrogens is 356 g/mol. The average molecular weight is 389 g/mol. The van der Waals surface area contributed by atoms with Gasteiger partial charge in [0, 0.05) is 38.3 Å². The van der Waals surface area contributed by atoms with Crippen molar-refractivity contribution in [2.75, 3.05) is 39.4 Å². The van der Waals surface area contributed by atoms with Crippen LogP contribution in [0.25, 0.3) is 0 Å². The van der Waals surface area contributed by atoms with Crippen LogP contribution in [0.1, 0.15) is 48.5 Å². The van der Waals surface area contributed by atoms with Crippen LogP contribution in [-0.2, 0) is 14.3 Å². The Kier molecular flexibility index (Phi) is 7.45. The minimum absolute atomic E-state index is 0.000615. The molecule has 6 nitrogen and oxygen atoms in total. The highest BCUT2D eigenvalue weighted by molar-refractivity contribution is 5.94. The molecule has 0 radical (unpaired) electrons. The Labute approximate surface area is 167 Å². The smallest absolute Gasteiger partial charge is 0.253 e. The molecule has 0 N–H and O–H groups in total. The lowest BCUT2D eigenvalue weighted by Crippen LogP contribution is -2.42.